The number of hydrogen-bond acceptors (Lipinski definition) is 4. The van der Waals surface area contributed by atoms with Crippen LogP contribution in [-0.4, -0.2) is 24.7 Å². The van der Waals surface area contributed by atoms with Gasteiger partial charge in [-0.1, -0.05) is 6.07 Å². The van der Waals surface area contributed by atoms with Gasteiger partial charge >= 0.3 is 5.97 Å². The van der Waals surface area contributed by atoms with Gasteiger partial charge in [0.15, 0.2) is 0 Å². The molecule has 1 fully saturated rings. The Bertz CT molecular complexity index is 356. The van der Waals surface area contributed by atoms with E-state index in [9.17, 15) is 4.79 Å². The minimum absolute atomic E-state index is 0.103. The van der Waals surface area contributed by atoms with E-state index < -0.39 is 5.54 Å². The highest BCUT2D eigenvalue weighted by atomic mass is 32.1. The molecule has 4 heteroatoms. The van der Waals surface area contributed by atoms with Crippen molar-refractivity contribution in [3.05, 3.63) is 22.4 Å². The van der Waals surface area contributed by atoms with Gasteiger partial charge in [0.05, 0.1) is 6.61 Å². The molecule has 0 aromatic carbocycles. The molecule has 1 aliphatic heterocycles. The molecule has 1 aromatic heterocycles. The first-order chi connectivity index (χ1) is 8.21. The fourth-order valence-corrected chi connectivity index (χ4v) is 2.78. The molecule has 0 aliphatic carbocycles. The molecule has 3 nitrogen and oxygen atoms in total. The Morgan fingerprint density at radius 3 is 3.12 bits per heavy atom. The van der Waals surface area contributed by atoms with E-state index in [-0.39, 0.29) is 5.97 Å². The monoisotopic (exact) mass is 253 g/mol. The fourth-order valence-electron chi connectivity index (χ4n) is 2.09. The van der Waals surface area contributed by atoms with Gasteiger partial charge in [-0.25, -0.2) is 0 Å². The average molecular weight is 253 g/mol. The Labute approximate surface area is 106 Å². The van der Waals surface area contributed by atoms with E-state index in [2.05, 4.69) is 11.4 Å². The predicted molar refractivity (Wildman–Crippen MR) is 69.2 cm³/mol. The lowest BCUT2D eigenvalue weighted by Gasteiger charge is -2.32. The largest absolute Gasteiger partial charge is 0.464 e. The van der Waals surface area contributed by atoms with E-state index in [0.717, 1.165) is 32.2 Å². The smallest absolute Gasteiger partial charge is 0.326 e. The van der Waals surface area contributed by atoms with Gasteiger partial charge in [-0.15, -0.1) is 11.3 Å². The first kappa shape index (κ1) is 12.6. The van der Waals surface area contributed by atoms with Crippen molar-refractivity contribution in [2.45, 2.75) is 38.1 Å². The molecule has 1 atom stereocenters. The SMILES string of the molecule is CC1(C(=O)OCCc2cccs2)CCCCN1. The Kier molecular flexibility index (Phi) is 4.18. The Morgan fingerprint density at radius 2 is 2.47 bits per heavy atom. The normalized spacial score (nSPS) is 24.5. The van der Waals surface area contributed by atoms with Crippen LogP contribution in [0.4, 0.5) is 0 Å². The van der Waals surface area contributed by atoms with Crippen molar-refractivity contribution in [1.29, 1.82) is 0 Å². The topological polar surface area (TPSA) is 38.3 Å². The van der Waals surface area contributed by atoms with E-state index in [1.54, 1.807) is 11.3 Å². The summed E-state index contributed by atoms with van der Waals surface area (Å²) in [5, 5.41) is 5.31. The van der Waals surface area contributed by atoms with Crippen molar-refractivity contribution in [3.63, 3.8) is 0 Å². The van der Waals surface area contributed by atoms with E-state index >= 15 is 0 Å². The highest BCUT2D eigenvalue weighted by Gasteiger charge is 2.35. The molecule has 94 valence electrons. The highest BCUT2D eigenvalue weighted by Crippen LogP contribution is 2.20. The Hall–Kier alpha value is -0.870. The second-order valence-electron chi connectivity index (χ2n) is 4.68. The predicted octanol–water partition coefficient (Wildman–Crippen LogP) is 2.37. The van der Waals surface area contributed by atoms with Crippen LogP contribution < -0.4 is 5.32 Å². The lowest BCUT2D eigenvalue weighted by Crippen LogP contribution is -2.53. The first-order valence-corrected chi connectivity index (χ1v) is 7.03. The van der Waals surface area contributed by atoms with Gasteiger partial charge in [0.2, 0.25) is 0 Å². The minimum atomic E-state index is -0.465. The molecule has 0 radical (unpaired) electrons. The lowest BCUT2D eigenvalue weighted by atomic mass is 9.91. The summed E-state index contributed by atoms with van der Waals surface area (Å²) in [5.74, 6) is -0.103. The molecule has 17 heavy (non-hydrogen) atoms. The molecule has 1 unspecified atom stereocenters. The fraction of sp³-hybridized carbons (Fsp3) is 0.615. The second kappa shape index (κ2) is 5.65. The molecule has 0 saturated carbocycles. The van der Waals surface area contributed by atoms with Gasteiger partial charge in [-0.2, -0.15) is 0 Å². The summed E-state index contributed by atoms with van der Waals surface area (Å²) in [6.45, 7) is 3.34. The van der Waals surface area contributed by atoms with Gasteiger partial charge in [-0.3, -0.25) is 4.79 Å². The number of piperidine rings is 1. The maximum atomic E-state index is 12.0. The zero-order valence-electron chi connectivity index (χ0n) is 10.2. The summed E-state index contributed by atoms with van der Waals surface area (Å²) < 4.78 is 5.36. The van der Waals surface area contributed by atoms with Crippen LogP contribution in [0.1, 0.15) is 31.1 Å². The standard InChI is InChI=1S/C13H19NO2S/c1-13(7-2-3-8-14-13)12(15)16-9-6-11-5-4-10-17-11/h4-5,10,14H,2-3,6-9H2,1H3. The molecule has 0 bridgehead atoms. The average Bonchev–Trinajstić information content (AvgIpc) is 2.83. The Morgan fingerprint density at radius 1 is 1.59 bits per heavy atom. The summed E-state index contributed by atoms with van der Waals surface area (Å²) in [4.78, 5) is 13.2. The third-order valence-corrected chi connectivity index (χ3v) is 4.17. The van der Waals surface area contributed by atoms with Crippen molar-refractivity contribution < 1.29 is 9.53 Å². The van der Waals surface area contributed by atoms with Crippen LogP contribution in [-0.2, 0) is 16.0 Å². The first-order valence-electron chi connectivity index (χ1n) is 6.15. The quantitative estimate of drug-likeness (QED) is 0.837. The van der Waals surface area contributed by atoms with E-state index in [0.29, 0.717) is 6.61 Å². The molecule has 2 rings (SSSR count). The summed E-state index contributed by atoms with van der Waals surface area (Å²) in [7, 11) is 0. The zero-order valence-corrected chi connectivity index (χ0v) is 11.0. The third kappa shape index (κ3) is 3.30. The summed E-state index contributed by atoms with van der Waals surface area (Å²) in [5.41, 5.74) is -0.465. The molecular formula is C13H19NO2S. The number of carbonyl (C=O) groups excluding carboxylic acids is 1. The van der Waals surface area contributed by atoms with Crippen molar-refractivity contribution in [2.24, 2.45) is 0 Å². The van der Waals surface area contributed by atoms with Crippen molar-refractivity contribution in [1.82, 2.24) is 5.32 Å². The molecule has 1 aliphatic rings. The molecule has 1 N–H and O–H groups in total. The van der Waals surface area contributed by atoms with Crippen molar-refractivity contribution >= 4 is 17.3 Å². The maximum absolute atomic E-state index is 12.0. The maximum Gasteiger partial charge on any atom is 0.326 e. The number of rotatable bonds is 4. The minimum Gasteiger partial charge on any atom is -0.464 e. The van der Waals surface area contributed by atoms with E-state index in [1.807, 2.05) is 18.4 Å². The van der Waals surface area contributed by atoms with Gasteiger partial charge in [0.1, 0.15) is 5.54 Å². The summed E-state index contributed by atoms with van der Waals surface area (Å²) in [6.07, 6.45) is 3.95. The van der Waals surface area contributed by atoms with Crippen LogP contribution in [0.15, 0.2) is 17.5 Å². The van der Waals surface area contributed by atoms with Crippen LogP contribution in [0.2, 0.25) is 0 Å². The number of hydrogen-bond donors (Lipinski definition) is 1. The number of thiophene rings is 1. The molecule has 1 aromatic rings. The van der Waals surface area contributed by atoms with Crippen LogP contribution in [0.25, 0.3) is 0 Å². The van der Waals surface area contributed by atoms with Crippen molar-refractivity contribution in [2.75, 3.05) is 13.2 Å². The van der Waals surface area contributed by atoms with Gasteiger partial charge in [0.25, 0.3) is 0 Å². The molecular weight excluding hydrogens is 234 g/mol. The molecule has 1 saturated heterocycles. The van der Waals surface area contributed by atoms with E-state index in [4.69, 9.17) is 4.74 Å². The molecule has 0 spiro atoms. The molecule has 2 heterocycles. The number of ether oxygens (including phenoxy) is 1. The van der Waals surface area contributed by atoms with Crippen LogP contribution in [0, 0.1) is 0 Å². The number of nitrogens with one attached hydrogen (secondary N) is 1. The van der Waals surface area contributed by atoms with E-state index in [1.165, 1.54) is 4.88 Å². The van der Waals surface area contributed by atoms with Crippen LogP contribution in [0.5, 0.6) is 0 Å². The summed E-state index contributed by atoms with van der Waals surface area (Å²) in [6, 6.07) is 4.09. The second-order valence-corrected chi connectivity index (χ2v) is 5.71. The number of esters is 1. The van der Waals surface area contributed by atoms with Crippen LogP contribution in [0.3, 0.4) is 0 Å². The summed E-state index contributed by atoms with van der Waals surface area (Å²) >= 11 is 1.70. The lowest BCUT2D eigenvalue weighted by molar-refractivity contribution is -0.151. The van der Waals surface area contributed by atoms with Crippen LogP contribution >= 0.6 is 11.3 Å². The Balaban J connectivity index is 1.76. The van der Waals surface area contributed by atoms with Crippen molar-refractivity contribution in [3.8, 4) is 0 Å². The van der Waals surface area contributed by atoms with Gasteiger partial charge in [0, 0.05) is 11.3 Å². The number of carbonyl (C=O) groups is 1. The van der Waals surface area contributed by atoms with Gasteiger partial charge < -0.3 is 10.1 Å². The third-order valence-electron chi connectivity index (χ3n) is 3.23. The van der Waals surface area contributed by atoms with Gasteiger partial charge in [-0.05, 0) is 44.2 Å². The highest BCUT2D eigenvalue weighted by molar-refractivity contribution is 7.09. The molecule has 0 amide bonds. The zero-order chi connectivity index (χ0) is 12.1.